The molecule has 0 fully saturated rings. The smallest absolute Gasteiger partial charge is 0.383 e. The molecule has 0 saturated heterocycles. The predicted molar refractivity (Wildman–Crippen MR) is 91.5 cm³/mol. The molecule has 0 saturated carbocycles. The molecule has 2 rings (SSSR count). The minimum absolute atomic E-state index is 0.0966. The van der Waals surface area contributed by atoms with Crippen molar-refractivity contribution in [3.63, 3.8) is 0 Å². The van der Waals surface area contributed by atoms with Gasteiger partial charge in [0, 0.05) is 6.07 Å². The highest BCUT2D eigenvalue weighted by atomic mass is 16.5. The van der Waals surface area contributed by atoms with Crippen LogP contribution in [0.15, 0.2) is 27.4 Å². The van der Waals surface area contributed by atoms with E-state index in [-0.39, 0.29) is 28.9 Å². The highest BCUT2D eigenvalue weighted by Crippen LogP contribution is 2.34. The molecule has 136 valence electrons. The van der Waals surface area contributed by atoms with Gasteiger partial charge in [0.05, 0.1) is 11.5 Å². The molecule has 0 spiro atoms. The minimum atomic E-state index is -1.12. The summed E-state index contributed by atoms with van der Waals surface area (Å²) in [6.45, 7) is 3.50. The van der Waals surface area contributed by atoms with E-state index in [1.165, 1.54) is 18.2 Å². The maximum Gasteiger partial charge on any atom is 0.383 e. The Labute approximate surface area is 144 Å². The Morgan fingerprint density at radius 1 is 1.32 bits per heavy atom. The van der Waals surface area contributed by atoms with Crippen molar-refractivity contribution in [2.75, 3.05) is 6.61 Å². The predicted octanol–water partition coefficient (Wildman–Crippen LogP) is 3.31. The third-order valence-electron chi connectivity index (χ3n) is 3.79. The van der Waals surface area contributed by atoms with Crippen LogP contribution < -0.4 is 15.1 Å². The Kier molecular flexibility index (Phi) is 6.27. The standard InChI is InChI=1S/C18H22O7/c1-3-5-6-11(4-2)24-17-16(21)13-8-7-12(23-10-15(19)20)9-14(13)25-18(17)22/h7-9,11,21H,3-6,10H2,1-2H3,(H,19,20). The first-order valence-corrected chi connectivity index (χ1v) is 8.27. The van der Waals surface area contributed by atoms with Gasteiger partial charge in [-0.05, 0) is 25.0 Å². The van der Waals surface area contributed by atoms with E-state index in [0.717, 1.165) is 19.3 Å². The van der Waals surface area contributed by atoms with Gasteiger partial charge in [0.25, 0.3) is 0 Å². The number of fused-ring (bicyclic) bond motifs is 1. The normalized spacial score (nSPS) is 12.1. The molecule has 0 bridgehead atoms. The molecule has 2 aromatic rings. The zero-order chi connectivity index (χ0) is 18.4. The number of aromatic hydroxyl groups is 1. The van der Waals surface area contributed by atoms with Gasteiger partial charge >= 0.3 is 11.6 Å². The summed E-state index contributed by atoms with van der Waals surface area (Å²) >= 11 is 0. The second-order valence-corrected chi connectivity index (χ2v) is 5.70. The van der Waals surface area contributed by atoms with Gasteiger partial charge in [0.1, 0.15) is 11.3 Å². The molecule has 1 atom stereocenters. The van der Waals surface area contributed by atoms with Crippen molar-refractivity contribution in [3.8, 4) is 17.2 Å². The molecule has 1 aromatic heterocycles. The van der Waals surface area contributed by atoms with E-state index in [2.05, 4.69) is 6.92 Å². The Morgan fingerprint density at radius 2 is 2.08 bits per heavy atom. The van der Waals surface area contributed by atoms with Crippen LogP contribution in [-0.2, 0) is 4.79 Å². The fraction of sp³-hybridized carbons (Fsp3) is 0.444. The van der Waals surface area contributed by atoms with Crippen LogP contribution in [0.1, 0.15) is 39.5 Å². The number of aliphatic carboxylic acids is 1. The lowest BCUT2D eigenvalue weighted by atomic mass is 10.1. The van der Waals surface area contributed by atoms with Crippen molar-refractivity contribution in [1.82, 2.24) is 0 Å². The number of carbonyl (C=O) groups is 1. The second-order valence-electron chi connectivity index (χ2n) is 5.70. The summed E-state index contributed by atoms with van der Waals surface area (Å²) in [4.78, 5) is 22.7. The SMILES string of the molecule is CCCCC(CC)Oc1c(O)c2ccc(OCC(=O)O)cc2oc1=O. The summed E-state index contributed by atoms with van der Waals surface area (Å²) in [6.07, 6.45) is 3.29. The van der Waals surface area contributed by atoms with Crippen LogP contribution in [0, 0.1) is 0 Å². The molecule has 0 amide bonds. The molecule has 1 aromatic carbocycles. The molecule has 25 heavy (non-hydrogen) atoms. The van der Waals surface area contributed by atoms with E-state index in [9.17, 15) is 14.7 Å². The first kappa shape index (κ1) is 18.6. The monoisotopic (exact) mass is 350 g/mol. The van der Waals surface area contributed by atoms with Crippen molar-refractivity contribution in [3.05, 3.63) is 28.6 Å². The van der Waals surface area contributed by atoms with E-state index in [1.54, 1.807) is 0 Å². The molecule has 0 aliphatic heterocycles. The number of rotatable bonds is 9. The Bertz CT molecular complexity index is 794. The fourth-order valence-corrected chi connectivity index (χ4v) is 2.43. The molecular weight excluding hydrogens is 328 g/mol. The highest BCUT2D eigenvalue weighted by Gasteiger charge is 2.19. The van der Waals surface area contributed by atoms with Gasteiger partial charge in [-0.1, -0.05) is 26.7 Å². The molecule has 0 radical (unpaired) electrons. The summed E-state index contributed by atoms with van der Waals surface area (Å²) in [5.41, 5.74) is -0.685. The van der Waals surface area contributed by atoms with Gasteiger partial charge in [-0.25, -0.2) is 9.59 Å². The average Bonchev–Trinajstić information content (AvgIpc) is 2.59. The van der Waals surface area contributed by atoms with Crippen molar-refractivity contribution in [2.45, 2.75) is 45.6 Å². The van der Waals surface area contributed by atoms with Crippen molar-refractivity contribution >= 4 is 16.9 Å². The molecule has 7 heteroatoms. The first-order chi connectivity index (χ1) is 12.0. The van der Waals surface area contributed by atoms with Crippen LogP contribution in [0.2, 0.25) is 0 Å². The van der Waals surface area contributed by atoms with Gasteiger partial charge < -0.3 is 24.1 Å². The Morgan fingerprint density at radius 3 is 2.72 bits per heavy atom. The van der Waals surface area contributed by atoms with Crippen LogP contribution in [0.3, 0.4) is 0 Å². The topological polar surface area (TPSA) is 106 Å². The lowest BCUT2D eigenvalue weighted by Crippen LogP contribution is -2.19. The number of ether oxygens (including phenoxy) is 2. The molecule has 0 aliphatic rings. The summed E-state index contributed by atoms with van der Waals surface area (Å²) < 4.78 is 15.9. The van der Waals surface area contributed by atoms with Crippen molar-refractivity contribution in [2.24, 2.45) is 0 Å². The van der Waals surface area contributed by atoms with E-state index in [4.69, 9.17) is 19.0 Å². The third-order valence-corrected chi connectivity index (χ3v) is 3.79. The Hall–Kier alpha value is -2.70. The number of carboxylic acids is 1. The molecule has 7 nitrogen and oxygen atoms in total. The lowest BCUT2D eigenvalue weighted by Gasteiger charge is -2.17. The first-order valence-electron chi connectivity index (χ1n) is 8.27. The maximum atomic E-state index is 12.2. The lowest BCUT2D eigenvalue weighted by molar-refractivity contribution is -0.139. The van der Waals surface area contributed by atoms with Gasteiger partial charge in [-0.15, -0.1) is 0 Å². The number of hydrogen-bond acceptors (Lipinski definition) is 6. The van der Waals surface area contributed by atoms with E-state index in [1.807, 2.05) is 6.92 Å². The van der Waals surface area contributed by atoms with Crippen molar-refractivity contribution in [1.29, 1.82) is 0 Å². The maximum absolute atomic E-state index is 12.2. The number of unbranched alkanes of at least 4 members (excludes halogenated alkanes) is 1. The second kappa shape index (κ2) is 8.41. The van der Waals surface area contributed by atoms with Gasteiger partial charge in [0.2, 0.25) is 5.75 Å². The number of benzene rings is 1. The molecule has 0 aliphatic carbocycles. The quantitative estimate of drug-likeness (QED) is 0.668. The highest BCUT2D eigenvalue weighted by molar-refractivity contribution is 5.86. The molecule has 2 N–H and O–H groups in total. The number of carboxylic acid groups (broad SMARTS) is 1. The average molecular weight is 350 g/mol. The summed E-state index contributed by atoms with van der Waals surface area (Å²) in [5, 5.41) is 19.3. The fourth-order valence-electron chi connectivity index (χ4n) is 2.43. The zero-order valence-electron chi connectivity index (χ0n) is 14.3. The summed E-state index contributed by atoms with van der Waals surface area (Å²) in [5.74, 6) is -1.38. The van der Waals surface area contributed by atoms with Crippen molar-refractivity contribution < 1.29 is 28.9 Å². The molecule has 1 heterocycles. The van der Waals surface area contributed by atoms with Crippen LogP contribution in [0.25, 0.3) is 11.0 Å². The minimum Gasteiger partial charge on any atom is -0.504 e. The van der Waals surface area contributed by atoms with E-state index in [0.29, 0.717) is 11.8 Å². The van der Waals surface area contributed by atoms with Crippen LogP contribution >= 0.6 is 0 Å². The summed E-state index contributed by atoms with van der Waals surface area (Å²) in [7, 11) is 0. The van der Waals surface area contributed by atoms with Crippen LogP contribution in [0.4, 0.5) is 0 Å². The Balaban J connectivity index is 2.32. The van der Waals surface area contributed by atoms with Crippen LogP contribution in [0.5, 0.6) is 17.2 Å². The van der Waals surface area contributed by atoms with Gasteiger partial charge in [-0.2, -0.15) is 0 Å². The number of hydrogen-bond donors (Lipinski definition) is 2. The zero-order valence-corrected chi connectivity index (χ0v) is 14.3. The van der Waals surface area contributed by atoms with Gasteiger partial charge in [0.15, 0.2) is 12.4 Å². The van der Waals surface area contributed by atoms with Gasteiger partial charge in [-0.3, -0.25) is 0 Å². The van der Waals surface area contributed by atoms with E-state index < -0.39 is 18.2 Å². The van der Waals surface area contributed by atoms with Crippen LogP contribution in [-0.4, -0.2) is 28.9 Å². The largest absolute Gasteiger partial charge is 0.504 e. The van der Waals surface area contributed by atoms with E-state index >= 15 is 0 Å². The molecule has 1 unspecified atom stereocenters. The molecular formula is C18H22O7. The third kappa shape index (κ3) is 4.65. The summed E-state index contributed by atoms with van der Waals surface area (Å²) in [6, 6.07) is 4.34.